The minimum absolute atomic E-state index is 0.0341. The van der Waals surface area contributed by atoms with Gasteiger partial charge in [0.2, 0.25) is 17.7 Å². The molecule has 1 aliphatic rings. The Bertz CT molecular complexity index is 623. The number of hydrogen-bond donors (Lipinski definition) is 5. The topological polar surface area (TPSA) is 179 Å². The lowest BCUT2D eigenvalue weighted by molar-refractivity contribution is -0.143. The molecule has 6 N–H and O–H groups in total. The first kappa shape index (κ1) is 23.3. The summed E-state index contributed by atoms with van der Waals surface area (Å²) >= 11 is 0. The summed E-state index contributed by atoms with van der Waals surface area (Å²) in [5, 5.41) is 22.2. The Morgan fingerprint density at radius 2 is 1.79 bits per heavy atom. The average Bonchev–Trinajstić information content (AvgIpc) is 3.06. The van der Waals surface area contributed by atoms with E-state index in [2.05, 4.69) is 10.6 Å². The number of nitrogens with two attached hydrogens (primary N) is 1. The van der Waals surface area contributed by atoms with Crippen LogP contribution in [0.1, 0.15) is 39.5 Å². The predicted octanol–water partition coefficient (Wildman–Crippen LogP) is -1.49. The Morgan fingerprint density at radius 3 is 2.32 bits per heavy atom. The number of rotatable bonds is 10. The minimum atomic E-state index is -1.30. The smallest absolute Gasteiger partial charge is 0.322 e. The predicted molar refractivity (Wildman–Crippen MR) is 97.0 cm³/mol. The maximum absolute atomic E-state index is 13.0. The molecule has 1 aliphatic heterocycles. The van der Waals surface area contributed by atoms with Crippen LogP contribution in [0.2, 0.25) is 0 Å². The van der Waals surface area contributed by atoms with Crippen LogP contribution in [0, 0.1) is 5.92 Å². The number of carboxylic acid groups (broad SMARTS) is 2. The first-order chi connectivity index (χ1) is 13.0. The van der Waals surface area contributed by atoms with Crippen LogP contribution in [0.15, 0.2) is 0 Å². The molecule has 3 atom stereocenters. The summed E-state index contributed by atoms with van der Waals surface area (Å²) in [6.07, 6.45) is 0.665. The third-order valence-electron chi connectivity index (χ3n) is 4.31. The average molecular weight is 400 g/mol. The van der Waals surface area contributed by atoms with Gasteiger partial charge in [-0.15, -0.1) is 0 Å². The molecule has 3 unspecified atom stereocenters. The van der Waals surface area contributed by atoms with E-state index in [1.807, 2.05) is 13.8 Å². The number of nitrogens with one attached hydrogen (secondary N) is 2. The Morgan fingerprint density at radius 1 is 1.14 bits per heavy atom. The molecule has 1 heterocycles. The molecule has 1 saturated heterocycles. The SMILES string of the molecule is CC(C)CC(NC(=O)C(N)CC(=O)O)C(=O)N1CCCC1C(=O)NCC(=O)O. The molecule has 0 aliphatic carbocycles. The molecule has 11 heteroatoms. The van der Waals surface area contributed by atoms with Crippen LogP contribution in [-0.4, -0.2) is 76.0 Å². The number of carbonyl (C=O) groups is 5. The van der Waals surface area contributed by atoms with E-state index in [0.717, 1.165) is 0 Å². The van der Waals surface area contributed by atoms with Gasteiger partial charge in [0, 0.05) is 6.54 Å². The van der Waals surface area contributed by atoms with Gasteiger partial charge in [0.05, 0.1) is 12.5 Å². The van der Waals surface area contributed by atoms with Crippen molar-refractivity contribution in [3.63, 3.8) is 0 Å². The van der Waals surface area contributed by atoms with E-state index in [4.69, 9.17) is 15.9 Å². The molecule has 11 nitrogen and oxygen atoms in total. The quantitative estimate of drug-likeness (QED) is 0.294. The van der Waals surface area contributed by atoms with Crippen LogP contribution in [0.4, 0.5) is 0 Å². The van der Waals surface area contributed by atoms with Crippen molar-refractivity contribution in [2.45, 2.75) is 57.7 Å². The molecule has 158 valence electrons. The zero-order chi connectivity index (χ0) is 21.4. The fourth-order valence-electron chi connectivity index (χ4n) is 3.04. The summed E-state index contributed by atoms with van der Waals surface area (Å²) in [7, 11) is 0. The van der Waals surface area contributed by atoms with Crippen molar-refractivity contribution in [3.8, 4) is 0 Å². The van der Waals surface area contributed by atoms with E-state index < -0.39 is 60.8 Å². The fourth-order valence-corrected chi connectivity index (χ4v) is 3.04. The van der Waals surface area contributed by atoms with Gasteiger partial charge in [0.1, 0.15) is 18.6 Å². The Kier molecular flexibility index (Phi) is 8.83. The van der Waals surface area contributed by atoms with E-state index in [9.17, 15) is 24.0 Å². The Labute approximate surface area is 162 Å². The largest absolute Gasteiger partial charge is 0.481 e. The molecule has 1 rings (SSSR count). The van der Waals surface area contributed by atoms with Gasteiger partial charge in [-0.3, -0.25) is 24.0 Å². The second kappa shape index (κ2) is 10.6. The van der Waals surface area contributed by atoms with E-state index in [0.29, 0.717) is 19.4 Å². The van der Waals surface area contributed by atoms with E-state index >= 15 is 0 Å². The summed E-state index contributed by atoms with van der Waals surface area (Å²) in [4.78, 5) is 60.0. The van der Waals surface area contributed by atoms with Crippen molar-refractivity contribution >= 4 is 29.7 Å². The third kappa shape index (κ3) is 7.14. The first-order valence-corrected chi connectivity index (χ1v) is 9.10. The van der Waals surface area contributed by atoms with Gasteiger partial charge in [-0.2, -0.15) is 0 Å². The van der Waals surface area contributed by atoms with Gasteiger partial charge < -0.3 is 31.5 Å². The molecule has 0 spiro atoms. The minimum Gasteiger partial charge on any atom is -0.481 e. The summed E-state index contributed by atoms with van der Waals surface area (Å²) in [5.74, 6) is -4.19. The molecule has 0 bridgehead atoms. The fraction of sp³-hybridized carbons (Fsp3) is 0.706. The molecule has 0 aromatic carbocycles. The first-order valence-electron chi connectivity index (χ1n) is 9.10. The van der Waals surface area contributed by atoms with Gasteiger partial charge in [-0.05, 0) is 25.2 Å². The number of nitrogens with zero attached hydrogens (tertiary/aromatic N) is 1. The number of carbonyl (C=O) groups excluding carboxylic acids is 3. The normalized spacial score (nSPS) is 18.4. The molecule has 1 fully saturated rings. The summed E-state index contributed by atoms with van der Waals surface area (Å²) in [6, 6.07) is -3.07. The van der Waals surface area contributed by atoms with Gasteiger partial charge in [0.25, 0.3) is 0 Å². The third-order valence-corrected chi connectivity index (χ3v) is 4.31. The Hall–Kier alpha value is -2.69. The molecule has 0 aromatic rings. The maximum atomic E-state index is 13.0. The van der Waals surface area contributed by atoms with Crippen LogP contribution in [0.5, 0.6) is 0 Å². The lowest BCUT2D eigenvalue weighted by atomic mass is 10.0. The molecular formula is C17H28N4O7. The lowest BCUT2D eigenvalue weighted by Crippen LogP contribution is -2.56. The summed E-state index contributed by atoms with van der Waals surface area (Å²) in [6.45, 7) is 3.46. The highest BCUT2D eigenvalue weighted by Crippen LogP contribution is 2.20. The van der Waals surface area contributed by atoms with Crippen molar-refractivity contribution < 1.29 is 34.2 Å². The monoisotopic (exact) mass is 400 g/mol. The van der Waals surface area contributed by atoms with Crippen LogP contribution in [0.3, 0.4) is 0 Å². The maximum Gasteiger partial charge on any atom is 0.322 e. The van der Waals surface area contributed by atoms with Crippen LogP contribution in [0.25, 0.3) is 0 Å². The van der Waals surface area contributed by atoms with Crippen molar-refractivity contribution in [3.05, 3.63) is 0 Å². The zero-order valence-corrected chi connectivity index (χ0v) is 16.0. The van der Waals surface area contributed by atoms with Crippen molar-refractivity contribution in [1.29, 1.82) is 0 Å². The van der Waals surface area contributed by atoms with Crippen molar-refractivity contribution in [1.82, 2.24) is 15.5 Å². The van der Waals surface area contributed by atoms with Gasteiger partial charge >= 0.3 is 11.9 Å². The number of amides is 3. The van der Waals surface area contributed by atoms with Crippen molar-refractivity contribution in [2.24, 2.45) is 11.7 Å². The van der Waals surface area contributed by atoms with Gasteiger partial charge in [-0.1, -0.05) is 13.8 Å². The second-order valence-electron chi connectivity index (χ2n) is 7.20. The number of hydrogen-bond acceptors (Lipinski definition) is 6. The molecule has 0 radical (unpaired) electrons. The van der Waals surface area contributed by atoms with Gasteiger partial charge in [0.15, 0.2) is 0 Å². The van der Waals surface area contributed by atoms with Crippen LogP contribution >= 0.6 is 0 Å². The highest BCUT2D eigenvalue weighted by molar-refractivity contribution is 5.94. The molecule has 0 aromatic heterocycles. The number of likely N-dealkylation sites (tertiary alicyclic amines) is 1. The van der Waals surface area contributed by atoms with E-state index in [1.165, 1.54) is 4.90 Å². The highest BCUT2D eigenvalue weighted by Gasteiger charge is 2.38. The summed E-state index contributed by atoms with van der Waals surface area (Å²) in [5.41, 5.74) is 5.56. The van der Waals surface area contributed by atoms with Crippen molar-refractivity contribution in [2.75, 3.05) is 13.1 Å². The van der Waals surface area contributed by atoms with Gasteiger partial charge in [-0.25, -0.2) is 0 Å². The molecule has 0 saturated carbocycles. The van der Waals surface area contributed by atoms with E-state index in [1.54, 1.807) is 0 Å². The highest BCUT2D eigenvalue weighted by atomic mass is 16.4. The van der Waals surface area contributed by atoms with Crippen LogP contribution in [-0.2, 0) is 24.0 Å². The zero-order valence-electron chi connectivity index (χ0n) is 16.0. The summed E-state index contributed by atoms with van der Waals surface area (Å²) < 4.78 is 0. The molecule has 3 amide bonds. The molecule has 28 heavy (non-hydrogen) atoms. The van der Waals surface area contributed by atoms with Crippen LogP contribution < -0.4 is 16.4 Å². The second-order valence-corrected chi connectivity index (χ2v) is 7.20. The van der Waals surface area contributed by atoms with E-state index in [-0.39, 0.29) is 12.3 Å². The number of aliphatic carboxylic acids is 2. The number of carboxylic acids is 2. The standard InChI is InChI=1S/C17H28N4O7/c1-9(2)6-11(20-15(26)10(18)7-13(22)23)17(28)21-5-3-4-12(21)16(27)19-8-14(24)25/h9-12H,3-8,18H2,1-2H3,(H,19,27)(H,20,26)(H,22,23)(H,24,25). The molecular weight excluding hydrogens is 372 g/mol. The Balaban J connectivity index is 2.87. The lowest BCUT2D eigenvalue weighted by Gasteiger charge is -2.30.